The van der Waals surface area contributed by atoms with Crippen molar-refractivity contribution in [3.63, 3.8) is 0 Å². The largest absolute Gasteiger partial charge is 0.492 e. The van der Waals surface area contributed by atoms with Crippen molar-refractivity contribution in [1.82, 2.24) is 19.4 Å². The van der Waals surface area contributed by atoms with Crippen LogP contribution in [0.25, 0.3) is 26.4 Å². The lowest BCUT2D eigenvalue weighted by molar-refractivity contribution is 0.0322. The first kappa shape index (κ1) is 26.3. The fraction of sp³-hybridized carbons (Fsp3) is 0.345. The Morgan fingerprint density at radius 2 is 1.95 bits per heavy atom. The minimum atomic E-state index is -0.399. The molecule has 6 rings (SSSR count). The van der Waals surface area contributed by atoms with Crippen molar-refractivity contribution in [2.75, 3.05) is 50.1 Å². The molecule has 2 amide bonds. The quantitative estimate of drug-likeness (QED) is 0.257. The highest BCUT2D eigenvalue weighted by atomic mass is 32.1. The molecule has 208 valence electrons. The number of urea groups is 1. The van der Waals surface area contributed by atoms with Gasteiger partial charge in [-0.25, -0.2) is 9.78 Å². The number of benzene rings is 2. The molecule has 0 aliphatic carbocycles. The normalized spacial score (nSPS) is 14.6. The van der Waals surface area contributed by atoms with Crippen molar-refractivity contribution < 1.29 is 18.8 Å². The molecule has 0 saturated carbocycles. The van der Waals surface area contributed by atoms with Gasteiger partial charge in [-0.1, -0.05) is 49.4 Å². The van der Waals surface area contributed by atoms with E-state index in [-0.39, 0.29) is 5.41 Å². The highest BCUT2D eigenvalue weighted by molar-refractivity contribution is 7.23. The van der Waals surface area contributed by atoms with Gasteiger partial charge in [-0.2, -0.15) is 0 Å². The highest BCUT2D eigenvalue weighted by Crippen LogP contribution is 2.32. The van der Waals surface area contributed by atoms with Crippen molar-refractivity contribution in [2.45, 2.75) is 26.2 Å². The fourth-order valence-corrected chi connectivity index (χ4v) is 5.53. The Balaban J connectivity index is 1.14. The standard InChI is InChI=1S/C29H32N6O4S/c1-29(2,3)25-17-26(33-39-25)32-27(36)30-20-6-4-5-19(15-20)22-18-35-23-16-21(7-8-24(23)40-28(35)31-22)38-14-11-34-9-12-37-13-10-34/h4-8,15-18H,9-14H2,1-3H3,(H2,30,32,33,36). The summed E-state index contributed by atoms with van der Waals surface area (Å²) in [6.45, 7) is 11.1. The van der Waals surface area contributed by atoms with E-state index in [9.17, 15) is 4.79 Å². The Bertz CT molecular complexity index is 1640. The fourth-order valence-electron chi connectivity index (χ4n) is 4.55. The number of carbonyl (C=O) groups is 1. The number of carbonyl (C=O) groups excluding carboxylic acids is 1. The molecule has 3 aromatic heterocycles. The van der Waals surface area contributed by atoms with Crippen molar-refractivity contribution in [1.29, 1.82) is 0 Å². The Kier molecular flexibility index (Phi) is 7.18. The lowest BCUT2D eigenvalue weighted by Crippen LogP contribution is -2.38. The second-order valence-electron chi connectivity index (χ2n) is 10.8. The second kappa shape index (κ2) is 10.9. The van der Waals surface area contributed by atoms with Crippen LogP contribution < -0.4 is 15.4 Å². The number of morpholine rings is 1. The number of rotatable bonds is 7. The lowest BCUT2D eigenvalue weighted by Gasteiger charge is -2.26. The summed E-state index contributed by atoms with van der Waals surface area (Å²) in [6.07, 6.45) is 2.02. The third kappa shape index (κ3) is 5.81. The monoisotopic (exact) mass is 560 g/mol. The molecular formula is C29H32N6O4S. The van der Waals surface area contributed by atoms with E-state index in [2.05, 4.69) is 37.2 Å². The summed E-state index contributed by atoms with van der Waals surface area (Å²) < 4.78 is 20.1. The van der Waals surface area contributed by atoms with E-state index >= 15 is 0 Å². The zero-order valence-corrected chi connectivity index (χ0v) is 23.6. The van der Waals surface area contributed by atoms with Gasteiger partial charge >= 0.3 is 6.03 Å². The molecule has 5 aromatic rings. The van der Waals surface area contributed by atoms with Crippen LogP contribution in [0.5, 0.6) is 5.75 Å². The number of imidazole rings is 1. The zero-order chi connectivity index (χ0) is 27.7. The van der Waals surface area contributed by atoms with Gasteiger partial charge in [0, 0.05) is 54.6 Å². The number of nitrogens with zero attached hydrogens (tertiary/aromatic N) is 4. The zero-order valence-electron chi connectivity index (χ0n) is 22.8. The average molecular weight is 561 g/mol. The van der Waals surface area contributed by atoms with Crippen LogP contribution in [0, 0.1) is 0 Å². The van der Waals surface area contributed by atoms with Gasteiger partial charge in [-0.3, -0.25) is 14.6 Å². The number of nitrogens with one attached hydrogen (secondary N) is 2. The first-order valence-electron chi connectivity index (χ1n) is 13.3. The van der Waals surface area contributed by atoms with Crippen molar-refractivity contribution in [2.24, 2.45) is 0 Å². The minimum Gasteiger partial charge on any atom is -0.492 e. The van der Waals surface area contributed by atoms with Gasteiger partial charge in [0.05, 0.1) is 29.1 Å². The molecule has 2 aromatic carbocycles. The smallest absolute Gasteiger partial charge is 0.324 e. The van der Waals surface area contributed by atoms with E-state index in [0.717, 1.165) is 65.0 Å². The average Bonchev–Trinajstić information content (AvgIpc) is 3.65. The maximum atomic E-state index is 12.6. The van der Waals surface area contributed by atoms with Gasteiger partial charge in [0.15, 0.2) is 10.8 Å². The van der Waals surface area contributed by atoms with E-state index < -0.39 is 6.03 Å². The van der Waals surface area contributed by atoms with Crippen LogP contribution in [0.4, 0.5) is 16.3 Å². The van der Waals surface area contributed by atoms with E-state index in [0.29, 0.717) is 23.9 Å². The molecule has 1 aliphatic rings. The minimum absolute atomic E-state index is 0.195. The Morgan fingerprint density at radius 1 is 1.10 bits per heavy atom. The maximum Gasteiger partial charge on any atom is 0.324 e. The number of ether oxygens (including phenoxy) is 2. The van der Waals surface area contributed by atoms with Crippen LogP contribution >= 0.6 is 11.3 Å². The first-order valence-corrected chi connectivity index (χ1v) is 14.1. The number of amides is 2. The lowest BCUT2D eigenvalue weighted by atomic mass is 9.93. The van der Waals surface area contributed by atoms with Crippen LogP contribution in [-0.2, 0) is 10.2 Å². The van der Waals surface area contributed by atoms with Crippen LogP contribution in [0.15, 0.2) is 59.3 Å². The van der Waals surface area contributed by atoms with Crippen LogP contribution in [-0.4, -0.2) is 64.9 Å². The van der Waals surface area contributed by atoms with Crippen molar-refractivity contribution >= 4 is 44.1 Å². The molecule has 10 nitrogen and oxygen atoms in total. The molecule has 0 unspecified atom stereocenters. The number of anilines is 2. The van der Waals surface area contributed by atoms with Crippen LogP contribution in [0.1, 0.15) is 26.5 Å². The Labute approximate surface area is 235 Å². The molecule has 2 N–H and O–H groups in total. The van der Waals surface area contributed by atoms with Gasteiger partial charge in [0.1, 0.15) is 18.1 Å². The third-order valence-corrected chi connectivity index (χ3v) is 7.79. The van der Waals surface area contributed by atoms with E-state index in [1.54, 1.807) is 17.4 Å². The number of hydrogen-bond donors (Lipinski definition) is 2. The van der Waals surface area contributed by atoms with Crippen molar-refractivity contribution in [3.05, 3.63) is 60.5 Å². The number of thiazole rings is 1. The predicted molar refractivity (Wildman–Crippen MR) is 157 cm³/mol. The van der Waals surface area contributed by atoms with Gasteiger partial charge < -0.3 is 19.3 Å². The predicted octanol–water partition coefficient (Wildman–Crippen LogP) is 5.86. The SMILES string of the molecule is CC(C)(C)c1cc(NC(=O)Nc2cccc(-c3cn4c(n3)sc3ccc(OCCN5CCOCC5)cc34)c2)no1. The number of fused-ring (bicyclic) bond motifs is 3. The summed E-state index contributed by atoms with van der Waals surface area (Å²) in [5, 5.41) is 9.53. The van der Waals surface area contributed by atoms with Crippen LogP contribution in [0.3, 0.4) is 0 Å². The second-order valence-corrected chi connectivity index (χ2v) is 11.8. The summed E-state index contributed by atoms with van der Waals surface area (Å²) in [7, 11) is 0. The third-order valence-electron chi connectivity index (χ3n) is 6.75. The molecule has 0 atom stereocenters. The van der Waals surface area contributed by atoms with Gasteiger partial charge in [0.25, 0.3) is 0 Å². The van der Waals surface area contributed by atoms with E-state index in [4.69, 9.17) is 19.0 Å². The molecule has 40 heavy (non-hydrogen) atoms. The summed E-state index contributed by atoms with van der Waals surface area (Å²) in [5.41, 5.74) is 3.22. The number of hydrogen-bond acceptors (Lipinski definition) is 8. The Morgan fingerprint density at radius 3 is 2.75 bits per heavy atom. The topological polar surface area (TPSA) is 106 Å². The van der Waals surface area contributed by atoms with Gasteiger partial charge in [-0.15, -0.1) is 0 Å². The maximum absolute atomic E-state index is 12.6. The van der Waals surface area contributed by atoms with Gasteiger partial charge in [0.2, 0.25) is 0 Å². The Hall–Kier alpha value is -3.93. The number of aromatic nitrogens is 3. The molecule has 1 fully saturated rings. The molecule has 1 aliphatic heterocycles. The molecule has 1 saturated heterocycles. The molecule has 4 heterocycles. The van der Waals surface area contributed by atoms with Crippen LogP contribution in [0.2, 0.25) is 0 Å². The molecule has 0 bridgehead atoms. The first-order chi connectivity index (χ1) is 19.3. The molecule has 0 spiro atoms. The van der Waals surface area contributed by atoms with E-state index in [1.165, 1.54) is 0 Å². The molecule has 11 heteroatoms. The summed E-state index contributed by atoms with van der Waals surface area (Å²) in [5.74, 6) is 1.91. The summed E-state index contributed by atoms with van der Waals surface area (Å²) >= 11 is 1.63. The molecule has 0 radical (unpaired) electrons. The molecular weight excluding hydrogens is 528 g/mol. The van der Waals surface area contributed by atoms with Crippen molar-refractivity contribution in [3.8, 4) is 17.0 Å². The summed E-state index contributed by atoms with van der Waals surface area (Å²) in [4.78, 5) is 20.7. The summed E-state index contributed by atoms with van der Waals surface area (Å²) in [6, 6.07) is 15.1. The van der Waals surface area contributed by atoms with Gasteiger partial charge in [-0.05, 0) is 24.3 Å². The van der Waals surface area contributed by atoms with E-state index in [1.807, 2.05) is 57.3 Å². The highest BCUT2D eigenvalue weighted by Gasteiger charge is 2.20.